The van der Waals surface area contributed by atoms with Crippen LogP contribution in [0.15, 0.2) is 29.3 Å². The highest BCUT2D eigenvalue weighted by Gasteiger charge is 2.39. The lowest BCUT2D eigenvalue weighted by molar-refractivity contribution is 0.255. The molecule has 0 radical (unpaired) electrons. The summed E-state index contributed by atoms with van der Waals surface area (Å²) in [5, 5.41) is 15.9. The lowest BCUT2D eigenvalue weighted by atomic mass is 10.0. The molecule has 3 aliphatic rings. The highest BCUT2D eigenvalue weighted by molar-refractivity contribution is 14.0. The Balaban J connectivity index is 0.00000245. The summed E-state index contributed by atoms with van der Waals surface area (Å²) in [6, 6.07) is 10.3. The number of guanidine groups is 1. The van der Waals surface area contributed by atoms with Gasteiger partial charge in [-0.05, 0) is 39.2 Å². The zero-order chi connectivity index (χ0) is 21.4. The van der Waals surface area contributed by atoms with Crippen molar-refractivity contribution in [2.75, 3.05) is 13.2 Å². The summed E-state index contributed by atoms with van der Waals surface area (Å²) in [6.45, 7) is 6.59. The fourth-order valence-corrected chi connectivity index (χ4v) is 4.80. The number of halogens is 1. The third kappa shape index (κ3) is 5.03. The van der Waals surface area contributed by atoms with Gasteiger partial charge in [-0.2, -0.15) is 0 Å². The molecule has 3 atom stereocenters. The normalized spacial score (nSPS) is 25.6. The summed E-state index contributed by atoms with van der Waals surface area (Å²) < 4.78 is 7.85. The van der Waals surface area contributed by atoms with E-state index in [2.05, 4.69) is 44.8 Å². The van der Waals surface area contributed by atoms with E-state index in [4.69, 9.17) is 9.73 Å². The van der Waals surface area contributed by atoms with Crippen LogP contribution in [0.5, 0.6) is 5.75 Å². The summed E-state index contributed by atoms with van der Waals surface area (Å²) in [4.78, 5) is 7.58. The van der Waals surface area contributed by atoms with E-state index in [1.54, 1.807) is 0 Å². The lowest BCUT2D eigenvalue weighted by Crippen LogP contribution is -2.46. The summed E-state index contributed by atoms with van der Waals surface area (Å²) >= 11 is 0. The van der Waals surface area contributed by atoms with Gasteiger partial charge < -0.3 is 19.9 Å². The highest BCUT2D eigenvalue weighted by atomic mass is 127. The lowest BCUT2D eigenvalue weighted by Gasteiger charge is -2.29. The average Bonchev–Trinajstić information content (AvgIpc) is 3.48. The summed E-state index contributed by atoms with van der Waals surface area (Å²) in [5.74, 6) is 3.57. The Kier molecular flexibility index (Phi) is 7.24. The van der Waals surface area contributed by atoms with Crippen molar-refractivity contribution in [3.8, 4) is 5.75 Å². The number of hydrogen-bond donors (Lipinski definition) is 2. The largest absolute Gasteiger partial charge is 0.493 e. The maximum atomic E-state index is 5.85. The van der Waals surface area contributed by atoms with E-state index < -0.39 is 0 Å². The Hall–Kier alpha value is -1.88. The van der Waals surface area contributed by atoms with Gasteiger partial charge >= 0.3 is 0 Å². The molecule has 9 heteroatoms. The predicted octanol–water partition coefficient (Wildman–Crippen LogP) is 2.93. The van der Waals surface area contributed by atoms with Crippen molar-refractivity contribution < 1.29 is 4.74 Å². The number of rotatable bonds is 5. The molecule has 3 unspecified atom stereocenters. The molecular weight excluding hydrogens is 517 g/mol. The van der Waals surface area contributed by atoms with E-state index in [1.165, 1.54) is 18.4 Å². The van der Waals surface area contributed by atoms with E-state index in [0.717, 1.165) is 48.8 Å². The maximum absolute atomic E-state index is 5.85. The highest BCUT2D eigenvalue weighted by Crippen LogP contribution is 2.34. The molecule has 174 valence electrons. The molecule has 0 spiro atoms. The summed E-state index contributed by atoms with van der Waals surface area (Å²) in [7, 11) is 1.99. The maximum Gasteiger partial charge on any atom is 0.192 e. The van der Waals surface area contributed by atoms with Crippen molar-refractivity contribution in [2.45, 2.75) is 70.2 Å². The number of aliphatic imine (C=N–C) groups is 1. The van der Waals surface area contributed by atoms with Crippen molar-refractivity contribution >= 4 is 29.9 Å². The predicted molar refractivity (Wildman–Crippen MR) is 135 cm³/mol. The zero-order valence-electron chi connectivity index (χ0n) is 19.1. The van der Waals surface area contributed by atoms with Crippen LogP contribution in [0.2, 0.25) is 0 Å². The molecular formula is C23H34IN7O. The van der Waals surface area contributed by atoms with E-state index >= 15 is 0 Å². The molecule has 1 saturated heterocycles. The average molecular weight is 551 g/mol. The van der Waals surface area contributed by atoms with Crippen LogP contribution in [0.25, 0.3) is 0 Å². The molecule has 1 aliphatic carbocycles. The smallest absolute Gasteiger partial charge is 0.192 e. The molecule has 2 aliphatic heterocycles. The fourth-order valence-electron chi connectivity index (χ4n) is 4.80. The molecule has 32 heavy (non-hydrogen) atoms. The van der Waals surface area contributed by atoms with E-state index in [-0.39, 0.29) is 30.0 Å². The minimum atomic E-state index is 0. The van der Waals surface area contributed by atoms with Crippen LogP contribution in [-0.4, -0.2) is 56.9 Å². The molecule has 3 heterocycles. The SMILES string of the molecule is Cc1nnc(CN=C(NC2CC(C)N(C3CC3)C2)NC2CCOc3ccccc32)n1C.I. The van der Waals surface area contributed by atoms with Gasteiger partial charge in [0.15, 0.2) is 11.8 Å². The van der Waals surface area contributed by atoms with Gasteiger partial charge in [-0.1, -0.05) is 18.2 Å². The minimum Gasteiger partial charge on any atom is -0.493 e. The first-order valence-electron chi connectivity index (χ1n) is 11.5. The van der Waals surface area contributed by atoms with Gasteiger partial charge in [-0.15, -0.1) is 34.2 Å². The first-order valence-corrected chi connectivity index (χ1v) is 11.5. The third-order valence-electron chi connectivity index (χ3n) is 6.81. The van der Waals surface area contributed by atoms with Gasteiger partial charge in [-0.3, -0.25) is 4.90 Å². The first kappa shape index (κ1) is 23.3. The number of likely N-dealkylation sites (tertiary alicyclic amines) is 1. The van der Waals surface area contributed by atoms with E-state index in [9.17, 15) is 0 Å². The molecule has 2 N–H and O–H groups in total. The van der Waals surface area contributed by atoms with Crippen molar-refractivity contribution in [1.82, 2.24) is 30.3 Å². The number of para-hydroxylation sites is 1. The Bertz CT molecular complexity index is 958. The number of ether oxygens (including phenoxy) is 1. The van der Waals surface area contributed by atoms with Crippen molar-refractivity contribution in [1.29, 1.82) is 0 Å². The van der Waals surface area contributed by atoms with Crippen molar-refractivity contribution in [2.24, 2.45) is 12.0 Å². The van der Waals surface area contributed by atoms with Gasteiger partial charge in [0.2, 0.25) is 0 Å². The number of aromatic nitrogens is 3. The van der Waals surface area contributed by atoms with Gasteiger partial charge in [0.1, 0.15) is 18.1 Å². The molecule has 2 fully saturated rings. The Morgan fingerprint density at radius 2 is 2.00 bits per heavy atom. The van der Waals surface area contributed by atoms with Crippen LogP contribution < -0.4 is 15.4 Å². The van der Waals surface area contributed by atoms with Crippen LogP contribution in [0.4, 0.5) is 0 Å². The number of aryl methyl sites for hydroxylation is 1. The van der Waals surface area contributed by atoms with E-state index in [1.807, 2.05) is 30.7 Å². The van der Waals surface area contributed by atoms with Crippen LogP contribution in [0, 0.1) is 6.92 Å². The number of benzene rings is 1. The van der Waals surface area contributed by atoms with Crippen LogP contribution >= 0.6 is 24.0 Å². The standard InChI is InChI=1S/C23H33N7O.HI/c1-15-12-17(14-30(15)18-8-9-18)25-23(24-13-22-28-27-16(2)29(22)3)26-20-10-11-31-21-7-5-4-6-19(20)21;/h4-7,15,17-18,20H,8-14H2,1-3H3,(H2,24,25,26);1H. The fraction of sp³-hybridized carbons (Fsp3) is 0.609. The van der Waals surface area contributed by atoms with Crippen LogP contribution in [0.1, 0.15) is 55.9 Å². The number of fused-ring (bicyclic) bond motifs is 1. The Morgan fingerprint density at radius 1 is 1.19 bits per heavy atom. The number of hydrogen-bond acceptors (Lipinski definition) is 5. The number of nitrogens with one attached hydrogen (secondary N) is 2. The second-order valence-electron chi connectivity index (χ2n) is 9.11. The molecule has 1 saturated carbocycles. The monoisotopic (exact) mass is 551 g/mol. The molecule has 8 nitrogen and oxygen atoms in total. The van der Waals surface area contributed by atoms with Gasteiger partial charge in [0, 0.05) is 43.7 Å². The Morgan fingerprint density at radius 3 is 2.75 bits per heavy atom. The molecule has 1 aromatic carbocycles. The second-order valence-corrected chi connectivity index (χ2v) is 9.11. The second kappa shape index (κ2) is 9.94. The van der Waals surface area contributed by atoms with Gasteiger partial charge in [-0.25, -0.2) is 4.99 Å². The van der Waals surface area contributed by atoms with Gasteiger partial charge in [0.05, 0.1) is 12.6 Å². The summed E-state index contributed by atoms with van der Waals surface area (Å²) in [5.41, 5.74) is 1.19. The molecule has 0 bridgehead atoms. The topological polar surface area (TPSA) is 79.6 Å². The molecule has 2 aromatic rings. The Labute approximate surface area is 207 Å². The van der Waals surface area contributed by atoms with E-state index in [0.29, 0.717) is 25.2 Å². The molecule has 0 amide bonds. The first-order chi connectivity index (χ1) is 15.1. The molecule has 5 rings (SSSR count). The number of nitrogens with zero attached hydrogens (tertiary/aromatic N) is 5. The third-order valence-corrected chi connectivity index (χ3v) is 6.81. The van der Waals surface area contributed by atoms with Crippen molar-refractivity contribution in [3.05, 3.63) is 41.5 Å². The van der Waals surface area contributed by atoms with Crippen LogP contribution in [-0.2, 0) is 13.6 Å². The zero-order valence-corrected chi connectivity index (χ0v) is 21.5. The van der Waals surface area contributed by atoms with Crippen LogP contribution in [0.3, 0.4) is 0 Å². The minimum absolute atomic E-state index is 0. The van der Waals surface area contributed by atoms with Crippen molar-refractivity contribution in [3.63, 3.8) is 0 Å². The molecule has 1 aromatic heterocycles. The van der Waals surface area contributed by atoms with Gasteiger partial charge in [0.25, 0.3) is 0 Å². The quantitative estimate of drug-likeness (QED) is 0.338. The summed E-state index contributed by atoms with van der Waals surface area (Å²) in [6.07, 6.45) is 4.75.